The number of piperidine rings is 1. The van der Waals surface area contributed by atoms with Crippen LogP contribution in [0.3, 0.4) is 0 Å². The molecule has 4 aliphatic rings. The number of fused-ring (bicyclic) bond motifs is 5. The highest BCUT2D eigenvalue weighted by molar-refractivity contribution is 6.31. The topological polar surface area (TPSA) is 69.7 Å². The summed E-state index contributed by atoms with van der Waals surface area (Å²) in [6, 6.07) is 5.47. The van der Waals surface area contributed by atoms with E-state index in [0.29, 0.717) is 10.7 Å². The first-order chi connectivity index (χ1) is 14.0. The highest BCUT2D eigenvalue weighted by Gasteiger charge is 2.59. The number of carbonyl (C=O) groups excluding carboxylic acids is 3. The van der Waals surface area contributed by atoms with Crippen molar-refractivity contribution < 1.29 is 14.4 Å². The van der Waals surface area contributed by atoms with Gasteiger partial charge in [0.05, 0.1) is 23.2 Å². The summed E-state index contributed by atoms with van der Waals surface area (Å²) in [5.74, 6) is -1.03. The monoisotopic (exact) mass is 413 g/mol. The second kappa shape index (κ2) is 7.17. The Balaban J connectivity index is 1.31. The van der Waals surface area contributed by atoms with Gasteiger partial charge in [0.1, 0.15) is 6.54 Å². The normalized spacial score (nSPS) is 30.2. The Morgan fingerprint density at radius 1 is 1.03 bits per heavy atom. The molecule has 1 aromatic carbocycles. The van der Waals surface area contributed by atoms with Crippen molar-refractivity contribution in [3.05, 3.63) is 35.4 Å². The molecular formula is C22H24ClN3O3. The number of rotatable bonds is 4. The molecule has 1 saturated carbocycles. The van der Waals surface area contributed by atoms with Crippen LogP contribution >= 0.6 is 11.6 Å². The molecule has 6 nitrogen and oxygen atoms in total. The summed E-state index contributed by atoms with van der Waals surface area (Å²) in [6.07, 6.45) is 8.44. The van der Waals surface area contributed by atoms with Crippen LogP contribution in [0.25, 0.3) is 0 Å². The predicted octanol–water partition coefficient (Wildman–Crippen LogP) is 3.08. The molecule has 3 amide bonds. The maximum absolute atomic E-state index is 12.8. The third-order valence-corrected chi connectivity index (χ3v) is 7.03. The van der Waals surface area contributed by atoms with Crippen LogP contribution in [-0.2, 0) is 14.4 Å². The number of amides is 3. The van der Waals surface area contributed by atoms with Gasteiger partial charge in [0, 0.05) is 18.1 Å². The summed E-state index contributed by atoms with van der Waals surface area (Å²) in [6.45, 7) is 1.63. The zero-order chi connectivity index (χ0) is 20.1. The number of likely N-dealkylation sites (tertiary alicyclic amines) is 1. The number of imide groups is 1. The van der Waals surface area contributed by atoms with Gasteiger partial charge < -0.3 is 10.2 Å². The van der Waals surface area contributed by atoms with Crippen LogP contribution in [0.2, 0.25) is 5.02 Å². The van der Waals surface area contributed by atoms with E-state index in [2.05, 4.69) is 22.4 Å². The van der Waals surface area contributed by atoms with Crippen molar-refractivity contribution in [2.24, 2.45) is 23.7 Å². The zero-order valence-electron chi connectivity index (χ0n) is 16.1. The lowest BCUT2D eigenvalue weighted by Crippen LogP contribution is -2.39. The van der Waals surface area contributed by atoms with Gasteiger partial charge in [0.2, 0.25) is 17.7 Å². The molecule has 7 heteroatoms. The Kier molecular flexibility index (Phi) is 4.62. The van der Waals surface area contributed by atoms with Gasteiger partial charge >= 0.3 is 0 Å². The lowest BCUT2D eigenvalue weighted by atomic mass is 9.85. The minimum atomic E-state index is -0.368. The number of nitrogens with zero attached hydrogens (tertiary/aromatic N) is 2. The molecule has 5 rings (SSSR count). The van der Waals surface area contributed by atoms with Crippen molar-refractivity contribution in [1.82, 2.24) is 4.90 Å². The number of anilines is 2. The fraction of sp³-hybridized carbons (Fsp3) is 0.500. The Hall–Kier alpha value is -2.34. The number of allylic oxidation sites excluding steroid dienone is 2. The average molecular weight is 414 g/mol. The SMILES string of the molecule is O=C(CN1C(=O)C2C3C=CC(C3)C2C1=O)Nc1cc(Cl)ccc1N1CCCCC1. The van der Waals surface area contributed by atoms with Crippen LogP contribution in [-0.4, -0.2) is 42.3 Å². The van der Waals surface area contributed by atoms with Crippen LogP contribution in [0.1, 0.15) is 25.7 Å². The predicted molar refractivity (Wildman–Crippen MR) is 111 cm³/mol. The third kappa shape index (κ3) is 3.14. The summed E-state index contributed by atoms with van der Waals surface area (Å²) >= 11 is 6.16. The number of halogens is 1. The molecular weight excluding hydrogens is 390 g/mol. The van der Waals surface area contributed by atoms with Gasteiger partial charge in [0.15, 0.2) is 0 Å². The highest BCUT2D eigenvalue weighted by atomic mass is 35.5. The highest BCUT2D eigenvalue weighted by Crippen LogP contribution is 2.52. The van der Waals surface area contributed by atoms with Crippen molar-refractivity contribution >= 4 is 40.7 Å². The first-order valence-corrected chi connectivity index (χ1v) is 10.8. The first kappa shape index (κ1) is 18.7. The molecule has 2 heterocycles. The smallest absolute Gasteiger partial charge is 0.244 e. The summed E-state index contributed by atoms with van der Waals surface area (Å²) < 4.78 is 0. The molecule has 0 radical (unpaired) electrons. The molecule has 152 valence electrons. The molecule has 29 heavy (non-hydrogen) atoms. The van der Waals surface area contributed by atoms with Gasteiger partial charge in [0.25, 0.3) is 0 Å². The van der Waals surface area contributed by atoms with Crippen molar-refractivity contribution in [3.8, 4) is 0 Å². The minimum Gasteiger partial charge on any atom is -0.370 e. The summed E-state index contributed by atoms with van der Waals surface area (Å²) in [7, 11) is 0. The van der Waals surface area contributed by atoms with E-state index in [1.807, 2.05) is 12.1 Å². The van der Waals surface area contributed by atoms with Crippen molar-refractivity contribution in [2.75, 3.05) is 29.9 Å². The fourth-order valence-electron chi connectivity index (χ4n) is 5.47. The van der Waals surface area contributed by atoms with E-state index in [-0.39, 0.29) is 47.9 Å². The van der Waals surface area contributed by atoms with Crippen LogP contribution in [0.5, 0.6) is 0 Å². The number of benzene rings is 1. The standard InChI is InChI=1S/C22H24ClN3O3/c23-15-6-7-17(25-8-2-1-3-9-25)16(11-15)24-18(27)12-26-21(28)19-13-4-5-14(10-13)20(19)22(26)29/h4-7,11,13-14,19-20H,1-3,8-10,12H2,(H,24,27). The van der Waals surface area contributed by atoms with E-state index >= 15 is 0 Å². The molecule has 2 saturated heterocycles. The van der Waals surface area contributed by atoms with E-state index in [4.69, 9.17) is 11.6 Å². The van der Waals surface area contributed by atoms with Gasteiger partial charge in [-0.3, -0.25) is 19.3 Å². The Bertz CT molecular complexity index is 879. The van der Waals surface area contributed by atoms with Crippen molar-refractivity contribution in [2.45, 2.75) is 25.7 Å². The van der Waals surface area contributed by atoms with Gasteiger partial charge in [-0.1, -0.05) is 23.8 Å². The maximum atomic E-state index is 12.8. The lowest BCUT2D eigenvalue weighted by Gasteiger charge is -2.30. The largest absolute Gasteiger partial charge is 0.370 e. The van der Waals surface area contributed by atoms with E-state index in [9.17, 15) is 14.4 Å². The van der Waals surface area contributed by atoms with Crippen LogP contribution in [0.15, 0.2) is 30.4 Å². The van der Waals surface area contributed by atoms with Crippen LogP contribution in [0, 0.1) is 23.7 Å². The molecule has 2 bridgehead atoms. The summed E-state index contributed by atoms with van der Waals surface area (Å²) in [5, 5.41) is 3.43. The number of hydrogen-bond donors (Lipinski definition) is 1. The van der Waals surface area contributed by atoms with Gasteiger partial charge in [-0.15, -0.1) is 0 Å². The Morgan fingerprint density at radius 3 is 2.34 bits per heavy atom. The third-order valence-electron chi connectivity index (χ3n) is 6.79. The van der Waals surface area contributed by atoms with E-state index < -0.39 is 0 Å². The molecule has 2 aliphatic carbocycles. The van der Waals surface area contributed by atoms with Crippen LogP contribution in [0.4, 0.5) is 11.4 Å². The van der Waals surface area contributed by atoms with E-state index in [0.717, 1.165) is 42.9 Å². The Morgan fingerprint density at radius 2 is 1.69 bits per heavy atom. The van der Waals surface area contributed by atoms with Gasteiger partial charge in [-0.05, 0) is 55.7 Å². The lowest BCUT2D eigenvalue weighted by molar-refractivity contribution is -0.143. The number of carbonyl (C=O) groups is 3. The zero-order valence-corrected chi connectivity index (χ0v) is 16.9. The average Bonchev–Trinajstić information content (AvgIpc) is 3.39. The fourth-order valence-corrected chi connectivity index (χ4v) is 5.64. The molecule has 1 N–H and O–H groups in total. The first-order valence-electron chi connectivity index (χ1n) is 10.4. The van der Waals surface area contributed by atoms with Gasteiger partial charge in [-0.25, -0.2) is 0 Å². The summed E-state index contributed by atoms with van der Waals surface area (Å²) in [4.78, 5) is 41.8. The van der Waals surface area contributed by atoms with E-state index in [1.165, 1.54) is 6.42 Å². The molecule has 4 unspecified atom stereocenters. The molecule has 1 aromatic rings. The van der Waals surface area contributed by atoms with Crippen molar-refractivity contribution in [1.29, 1.82) is 0 Å². The summed E-state index contributed by atoms with van der Waals surface area (Å²) in [5.41, 5.74) is 1.56. The minimum absolute atomic E-state index is 0.146. The molecule has 0 spiro atoms. The molecule has 3 fully saturated rings. The van der Waals surface area contributed by atoms with Gasteiger partial charge in [-0.2, -0.15) is 0 Å². The van der Waals surface area contributed by atoms with Crippen molar-refractivity contribution in [3.63, 3.8) is 0 Å². The second-order valence-corrected chi connectivity index (χ2v) is 8.96. The Labute approximate surface area is 174 Å². The molecule has 2 aliphatic heterocycles. The second-order valence-electron chi connectivity index (χ2n) is 8.52. The van der Waals surface area contributed by atoms with E-state index in [1.54, 1.807) is 6.07 Å². The maximum Gasteiger partial charge on any atom is 0.244 e. The number of nitrogens with one attached hydrogen (secondary N) is 1. The molecule has 0 aromatic heterocycles. The van der Waals surface area contributed by atoms with Crippen LogP contribution < -0.4 is 10.2 Å². The number of hydrogen-bond acceptors (Lipinski definition) is 4. The molecule has 4 atom stereocenters. The quantitative estimate of drug-likeness (QED) is 0.608.